The molecular formula is C29H44ClN3O. The molecule has 0 bridgehead atoms. The van der Waals surface area contributed by atoms with Crippen molar-refractivity contribution in [2.45, 2.75) is 96.8 Å². The lowest BCUT2D eigenvalue weighted by molar-refractivity contribution is 0.414. The number of ether oxygens (including phenoxy) is 1. The van der Waals surface area contributed by atoms with Gasteiger partial charge in [-0.25, -0.2) is 0 Å². The van der Waals surface area contributed by atoms with Crippen LogP contribution in [0.4, 0.5) is 0 Å². The fourth-order valence-corrected chi connectivity index (χ4v) is 4.48. The maximum atomic E-state index is 5.55. The molecule has 34 heavy (non-hydrogen) atoms. The van der Waals surface area contributed by atoms with Crippen molar-refractivity contribution in [3.05, 3.63) is 47.9 Å². The molecule has 3 heterocycles. The number of rotatable bonds is 17. The Morgan fingerprint density at radius 1 is 0.853 bits per heavy atom. The molecular weight excluding hydrogens is 442 g/mol. The van der Waals surface area contributed by atoms with Gasteiger partial charge in [-0.05, 0) is 43.2 Å². The van der Waals surface area contributed by atoms with Gasteiger partial charge in [0.1, 0.15) is 5.75 Å². The Labute approximate surface area is 212 Å². The Hall–Kier alpha value is -2.20. The number of aromatic nitrogens is 2. The van der Waals surface area contributed by atoms with Crippen molar-refractivity contribution in [2.24, 2.45) is 4.99 Å². The van der Waals surface area contributed by atoms with Crippen LogP contribution in [0.1, 0.15) is 103 Å². The predicted molar refractivity (Wildman–Crippen MR) is 149 cm³/mol. The third kappa shape index (κ3) is 9.58. The SMILES string of the molecule is CCCCCCCCCCCCCCCC1=NC(=Cc2[nH]c(-c3ccc[nH]3)cc2OC)C=C1.Cl. The van der Waals surface area contributed by atoms with Crippen LogP contribution in [0.3, 0.4) is 0 Å². The summed E-state index contributed by atoms with van der Waals surface area (Å²) in [5.41, 5.74) is 5.19. The van der Waals surface area contributed by atoms with Crippen LogP contribution in [-0.2, 0) is 0 Å². The van der Waals surface area contributed by atoms with E-state index in [1.807, 2.05) is 24.4 Å². The van der Waals surface area contributed by atoms with Gasteiger partial charge in [-0.15, -0.1) is 12.4 Å². The molecule has 0 amide bonds. The number of aliphatic imine (C=N–C) groups is 1. The fraction of sp³-hybridized carbons (Fsp3) is 0.552. The van der Waals surface area contributed by atoms with Gasteiger partial charge < -0.3 is 14.7 Å². The molecule has 5 heteroatoms. The quantitative estimate of drug-likeness (QED) is 0.215. The van der Waals surface area contributed by atoms with Gasteiger partial charge in [-0.1, -0.05) is 84.0 Å². The first kappa shape index (κ1) is 28.0. The molecule has 2 N–H and O–H groups in total. The van der Waals surface area contributed by atoms with E-state index < -0.39 is 0 Å². The highest BCUT2D eigenvalue weighted by atomic mass is 35.5. The summed E-state index contributed by atoms with van der Waals surface area (Å²) in [7, 11) is 1.71. The van der Waals surface area contributed by atoms with Gasteiger partial charge in [0, 0.05) is 18.0 Å². The summed E-state index contributed by atoms with van der Waals surface area (Å²) >= 11 is 0. The van der Waals surface area contributed by atoms with Gasteiger partial charge in [0.2, 0.25) is 0 Å². The van der Waals surface area contributed by atoms with Gasteiger partial charge in [0.15, 0.2) is 0 Å². The molecule has 188 valence electrons. The van der Waals surface area contributed by atoms with Gasteiger partial charge in [0.05, 0.1) is 29.9 Å². The van der Waals surface area contributed by atoms with Crippen LogP contribution in [-0.4, -0.2) is 22.8 Å². The number of H-pyrrole nitrogens is 2. The highest BCUT2D eigenvalue weighted by molar-refractivity contribution is 5.99. The van der Waals surface area contributed by atoms with Gasteiger partial charge in [0.25, 0.3) is 0 Å². The number of unbranched alkanes of at least 4 members (excludes halogenated alkanes) is 12. The van der Waals surface area contributed by atoms with Crippen molar-refractivity contribution in [3.8, 4) is 17.1 Å². The molecule has 0 aliphatic carbocycles. The van der Waals surface area contributed by atoms with Crippen molar-refractivity contribution in [1.29, 1.82) is 0 Å². The van der Waals surface area contributed by atoms with Crippen molar-refractivity contribution in [1.82, 2.24) is 9.97 Å². The van der Waals surface area contributed by atoms with Gasteiger partial charge >= 0.3 is 0 Å². The van der Waals surface area contributed by atoms with Crippen molar-refractivity contribution in [2.75, 3.05) is 7.11 Å². The molecule has 4 nitrogen and oxygen atoms in total. The fourth-order valence-electron chi connectivity index (χ4n) is 4.48. The summed E-state index contributed by atoms with van der Waals surface area (Å²) in [6.45, 7) is 2.29. The van der Waals surface area contributed by atoms with E-state index >= 15 is 0 Å². The minimum atomic E-state index is 0. The molecule has 0 fully saturated rings. The minimum Gasteiger partial charge on any atom is -0.494 e. The van der Waals surface area contributed by atoms with Crippen LogP contribution in [0.15, 0.2) is 47.2 Å². The second-order valence-electron chi connectivity index (χ2n) is 9.25. The van der Waals surface area contributed by atoms with E-state index in [4.69, 9.17) is 9.73 Å². The number of nitrogens with one attached hydrogen (secondary N) is 2. The van der Waals surface area contributed by atoms with E-state index in [-0.39, 0.29) is 12.4 Å². The molecule has 1 aliphatic rings. The van der Waals surface area contributed by atoms with Gasteiger partial charge in [-0.3, -0.25) is 4.99 Å². The van der Waals surface area contributed by atoms with Crippen LogP contribution in [0.25, 0.3) is 17.5 Å². The van der Waals surface area contributed by atoms with E-state index in [1.54, 1.807) is 7.11 Å². The molecule has 0 aromatic carbocycles. The Morgan fingerprint density at radius 2 is 1.50 bits per heavy atom. The summed E-state index contributed by atoms with van der Waals surface area (Å²) < 4.78 is 5.55. The zero-order valence-electron chi connectivity index (χ0n) is 21.2. The summed E-state index contributed by atoms with van der Waals surface area (Å²) in [5.74, 6) is 0.834. The van der Waals surface area contributed by atoms with Crippen LogP contribution >= 0.6 is 12.4 Å². The number of halogens is 1. The molecule has 1 aliphatic heterocycles. The van der Waals surface area contributed by atoms with Crippen LogP contribution in [0.5, 0.6) is 5.75 Å². The number of hydrogen-bond acceptors (Lipinski definition) is 2. The lowest BCUT2D eigenvalue weighted by atomic mass is 10.0. The molecule has 0 unspecified atom stereocenters. The highest BCUT2D eigenvalue weighted by Gasteiger charge is 2.11. The molecule has 0 spiro atoms. The van der Waals surface area contributed by atoms with Crippen LogP contribution in [0, 0.1) is 0 Å². The lowest BCUT2D eigenvalue weighted by Gasteiger charge is -2.03. The maximum Gasteiger partial charge on any atom is 0.144 e. The third-order valence-electron chi connectivity index (χ3n) is 6.47. The van der Waals surface area contributed by atoms with E-state index in [2.05, 4.69) is 35.1 Å². The van der Waals surface area contributed by atoms with E-state index in [1.165, 1.54) is 89.2 Å². The average molecular weight is 486 g/mol. The average Bonchev–Trinajstić information content (AvgIpc) is 3.58. The zero-order valence-corrected chi connectivity index (χ0v) is 22.0. The summed E-state index contributed by atoms with van der Waals surface area (Å²) in [4.78, 5) is 11.5. The topological polar surface area (TPSA) is 53.2 Å². The smallest absolute Gasteiger partial charge is 0.144 e. The van der Waals surface area contributed by atoms with E-state index in [0.29, 0.717) is 0 Å². The van der Waals surface area contributed by atoms with Crippen LogP contribution < -0.4 is 4.74 Å². The standard InChI is InChI=1S/C29H43N3O.ClH/c1-3-4-5-6-7-8-9-10-11-12-13-14-15-17-24-19-20-25(31-24)22-28-29(33-2)23-27(32-28)26-18-16-21-30-26;/h16,18-23,30,32H,3-15,17H2,1-2H3;1H. The second kappa shape index (κ2) is 16.4. The number of allylic oxidation sites excluding steroid dienone is 2. The largest absolute Gasteiger partial charge is 0.494 e. The summed E-state index contributed by atoms with van der Waals surface area (Å²) in [6, 6.07) is 6.06. The normalized spacial score (nSPS) is 13.9. The van der Waals surface area contributed by atoms with Gasteiger partial charge in [-0.2, -0.15) is 0 Å². The number of aromatic amines is 2. The lowest BCUT2D eigenvalue weighted by Crippen LogP contribution is -1.91. The van der Waals surface area contributed by atoms with Crippen LogP contribution in [0.2, 0.25) is 0 Å². The summed E-state index contributed by atoms with van der Waals surface area (Å²) in [5, 5.41) is 0. The predicted octanol–water partition coefficient (Wildman–Crippen LogP) is 9.27. The number of nitrogens with zero attached hydrogens (tertiary/aromatic N) is 1. The molecule has 0 saturated heterocycles. The molecule has 2 aromatic rings. The van der Waals surface area contributed by atoms with E-state index in [0.717, 1.165) is 34.9 Å². The molecule has 0 atom stereocenters. The molecule has 3 rings (SSSR count). The zero-order chi connectivity index (χ0) is 23.1. The van der Waals surface area contributed by atoms with Crippen molar-refractivity contribution in [3.63, 3.8) is 0 Å². The molecule has 0 radical (unpaired) electrons. The Kier molecular flexibility index (Phi) is 13.6. The Morgan fingerprint density at radius 3 is 2.09 bits per heavy atom. The first-order valence-corrected chi connectivity index (χ1v) is 13.2. The van der Waals surface area contributed by atoms with E-state index in [9.17, 15) is 0 Å². The maximum absolute atomic E-state index is 5.55. The monoisotopic (exact) mass is 485 g/mol. The second-order valence-corrected chi connectivity index (χ2v) is 9.25. The van der Waals surface area contributed by atoms with Crippen molar-refractivity contribution < 1.29 is 4.74 Å². The Bertz CT molecular complexity index is 893. The summed E-state index contributed by atoms with van der Waals surface area (Å²) in [6.07, 6.45) is 27.4. The highest BCUT2D eigenvalue weighted by Crippen LogP contribution is 2.29. The van der Waals surface area contributed by atoms with Crippen molar-refractivity contribution >= 4 is 24.2 Å². The molecule has 2 aromatic heterocycles. The minimum absolute atomic E-state index is 0. The Balaban J connectivity index is 0.00000408. The third-order valence-corrected chi connectivity index (χ3v) is 6.47. The first-order valence-electron chi connectivity index (χ1n) is 13.2. The number of methoxy groups -OCH3 is 1. The first-order chi connectivity index (χ1) is 16.3. The molecule has 0 saturated carbocycles. The number of hydrogen-bond donors (Lipinski definition) is 2.